The van der Waals surface area contributed by atoms with Gasteiger partial charge in [-0.1, -0.05) is 62.4 Å². The number of hydrogen-bond donors (Lipinski definition) is 3. The second-order valence-corrected chi connectivity index (χ2v) is 9.26. The van der Waals surface area contributed by atoms with Gasteiger partial charge in [-0.25, -0.2) is 9.59 Å². The van der Waals surface area contributed by atoms with Crippen LogP contribution in [0.5, 0.6) is 0 Å². The first-order valence-corrected chi connectivity index (χ1v) is 12.1. The highest BCUT2D eigenvalue weighted by Crippen LogP contribution is 2.44. The highest BCUT2D eigenvalue weighted by Gasteiger charge is 2.40. The number of alkyl carbamates (subject to hydrolysis) is 1. The summed E-state index contributed by atoms with van der Waals surface area (Å²) >= 11 is 0. The van der Waals surface area contributed by atoms with Crippen LogP contribution in [0.15, 0.2) is 48.5 Å². The van der Waals surface area contributed by atoms with Crippen LogP contribution >= 0.6 is 0 Å². The minimum Gasteiger partial charge on any atom is -0.480 e. The van der Waals surface area contributed by atoms with Gasteiger partial charge < -0.3 is 20.5 Å². The molecule has 0 aliphatic heterocycles. The number of carbonyl (C=O) groups is 3. The molecular formula is C27H32N2O5. The molecule has 2 aliphatic carbocycles. The van der Waals surface area contributed by atoms with E-state index in [1.165, 1.54) is 11.1 Å². The van der Waals surface area contributed by atoms with Crippen LogP contribution in [0.2, 0.25) is 0 Å². The fourth-order valence-corrected chi connectivity index (χ4v) is 5.28. The maximum Gasteiger partial charge on any atom is 0.407 e. The van der Waals surface area contributed by atoms with Crippen LogP contribution < -0.4 is 10.6 Å². The quantitative estimate of drug-likeness (QED) is 0.535. The zero-order valence-corrected chi connectivity index (χ0v) is 19.7. The van der Waals surface area contributed by atoms with Crippen LogP contribution in [0.4, 0.5) is 4.79 Å². The molecule has 7 heteroatoms. The summed E-state index contributed by atoms with van der Waals surface area (Å²) in [4.78, 5) is 37.0. The summed E-state index contributed by atoms with van der Waals surface area (Å²) in [6, 6.07) is 16.2. The van der Waals surface area contributed by atoms with Gasteiger partial charge in [0.2, 0.25) is 5.91 Å². The monoisotopic (exact) mass is 464 g/mol. The Kier molecular flexibility index (Phi) is 6.91. The summed E-state index contributed by atoms with van der Waals surface area (Å²) in [5, 5.41) is 15.2. The van der Waals surface area contributed by atoms with Crippen molar-refractivity contribution in [2.75, 3.05) is 6.61 Å². The minimum atomic E-state index is -1.24. The lowest BCUT2D eigenvalue weighted by Crippen LogP contribution is -2.55. The van der Waals surface area contributed by atoms with Crippen molar-refractivity contribution in [3.63, 3.8) is 0 Å². The molecule has 7 nitrogen and oxygen atoms in total. The van der Waals surface area contributed by atoms with Crippen molar-refractivity contribution < 1.29 is 24.2 Å². The molecule has 2 aromatic rings. The third kappa shape index (κ3) is 4.52. The molecule has 0 radical (unpaired) electrons. The van der Waals surface area contributed by atoms with Crippen molar-refractivity contribution in [3.05, 3.63) is 59.7 Å². The van der Waals surface area contributed by atoms with E-state index in [1.54, 1.807) is 13.8 Å². The lowest BCUT2D eigenvalue weighted by Gasteiger charge is -2.29. The fraction of sp³-hybridized carbons (Fsp3) is 0.444. The minimum absolute atomic E-state index is 0.00696. The van der Waals surface area contributed by atoms with Crippen molar-refractivity contribution in [2.24, 2.45) is 5.92 Å². The summed E-state index contributed by atoms with van der Waals surface area (Å²) in [5.74, 6) is -1.61. The summed E-state index contributed by atoms with van der Waals surface area (Å²) < 4.78 is 5.62. The first kappa shape index (κ1) is 23.8. The first-order chi connectivity index (χ1) is 16.4. The lowest BCUT2D eigenvalue weighted by molar-refractivity contribution is -0.148. The largest absolute Gasteiger partial charge is 0.480 e. The molecule has 1 fully saturated rings. The van der Waals surface area contributed by atoms with E-state index >= 15 is 0 Å². The van der Waals surface area contributed by atoms with Crippen LogP contribution in [0.25, 0.3) is 11.1 Å². The van der Waals surface area contributed by atoms with Gasteiger partial charge in [-0.05, 0) is 54.4 Å². The van der Waals surface area contributed by atoms with Gasteiger partial charge in [-0.15, -0.1) is 0 Å². The van der Waals surface area contributed by atoms with Crippen LogP contribution in [0, 0.1) is 5.92 Å². The Hall–Kier alpha value is -3.35. The number of carbonyl (C=O) groups excluding carboxylic acids is 2. The van der Waals surface area contributed by atoms with E-state index in [1.807, 2.05) is 24.3 Å². The highest BCUT2D eigenvalue weighted by molar-refractivity contribution is 5.88. The van der Waals surface area contributed by atoms with Crippen molar-refractivity contribution >= 4 is 18.0 Å². The SMILES string of the molecule is CCC(CC)(NC(=O)[C@@H]1CC[C@H](NC(=O)OCC2c3ccccc3-c3ccccc32)C1)C(=O)O. The molecule has 180 valence electrons. The predicted octanol–water partition coefficient (Wildman–Crippen LogP) is 4.45. The average Bonchev–Trinajstić information content (AvgIpc) is 3.44. The van der Waals surface area contributed by atoms with E-state index in [0.717, 1.165) is 11.1 Å². The van der Waals surface area contributed by atoms with Crippen molar-refractivity contribution in [1.82, 2.24) is 10.6 Å². The smallest absolute Gasteiger partial charge is 0.407 e. The molecule has 4 rings (SSSR count). The van der Waals surface area contributed by atoms with Crippen molar-refractivity contribution in [2.45, 2.75) is 63.5 Å². The van der Waals surface area contributed by atoms with Crippen LogP contribution in [-0.2, 0) is 14.3 Å². The number of amides is 2. The Morgan fingerprint density at radius 3 is 2.12 bits per heavy atom. The predicted molar refractivity (Wildman–Crippen MR) is 128 cm³/mol. The van der Waals surface area contributed by atoms with E-state index in [0.29, 0.717) is 32.1 Å². The van der Waals surface area contributed by atoms with Gasteiger partial charge in [0.05, 0.1) is 0 Å². The number of benzene rings is 2. The number of ether oxygens (including phenoxy) is 1. The maximum atomic E-state index is 12.7. The zero-order chi connectivity index (χ0) is 24.3. The normalized spacial score (nSPS) is 19.2. The maximum absolute atomic E-state index is 12.7. The molecule has 0 bridgehead atoms. The topological polar surface area (TPSA) is 105 Å². The Balaban J connectivity index is 1.31. The summed E-state index contributed by atoms with van der Waals surface area (Å²) in [6.45, 7) is 3.76. The standard InChI is InChI=1S/C27H32N2O5/c1-3-27(4-2,25(31)32)29-24(30)17-13-14-18(15-17)28-26(33)34-16-23-21-11-7-5-9-19(21)20-10-6-8-12-22(20)23/h5-12,17-18,23H,3-4,13-16H2,1-2H3,(H,28,33)(H,29,30)(H,31,32)/t17-,18+/m1/s1. The van der Waals surface area contributed by atoms with Gasteiger partial charge in [0.25, 0.3) is 0 Å². The average molecular weight is 465 g/mol. The first-order valence-electron chi connectivity index (χ1n) is 12.1. The third-order valence-electron chi connectivity index (χ3n) is 7.45. The molecule has 2 aliphatic rings. The van der Waals surface area contributed by atoms with E-state index in [9.17, 15) is 19.5 Å². The highest BCUT2D eigenvalue weighted by atomic mass is 16.5. The lowest BCUT2D eigenvalue weighted by atomic mass is 9.91. The Labute approximate surface area is 199 Å². The van der Waals surface area contributed by atoms with Gasteiger partial charge in [-0.2, -0.15) is 0 Å². The molecule has 0 unspecified atom stereocenters. The molecule has 0 spiro atoms. The van der Waals surface area contributed by atoms with E-state index in [2.05, 4.69) is 34.9 Å². The second kappa shape index (κ2) is 9.87. The van der Waals surface area contributed by atoms with Gasteiger partial charge in [-0.3, -0.25) is 4.79 Å². The molecule has 0 saturated heterocycles. The number of fused-ring (bicyclic) bond motifs is 3. The molecule has 3 N–H and O–H groups in total. The molecule has 0 heterocycles. The number of hydrogen-bond acceptors (Lipinski definition) is 4. The van der Waals surface area contributed by atoms with Crippen LogP contribution in [-0.4, -0.2) is 41.3 Å². The summed E-state index contributed by atoms with van der Waals surface area (Å²) in [7, 11) is 0. The van der Waals surface area contributed by atoms with Gasteiger partial charge in [0.1, 0.15) is 12.1 Å². The van der Waals surface area contributed by atoms with Crippen LogP contribution in [0.1, 0.15) is 63.0 Å². The second-order valence-electron chi connectivity index (χ2n) is 9.26. The molecule has 2 atom stereocenters. The Bertz CT molecular complexity index is 1030. The number of carboxylic acid groups (broad SMARTS) is 1. The summed E-state index contributed by atoms with van der Waals surface area (Å²) in [6.07, 6.45) is 1.87. The van der Waals surface area contributed by atoms with Gasteiger partial charge in [0.15, 0.2) is 0 Å². The fourth-order valence-electron chi connectivity index (χ4n) is 5.28. The number of carboxylic acids is 1. The molecule has 34 heavy (non-hydrogen) atoms. The van der Waals surface area contributed by atoms with Gasteiger partial charge >= 0.3 is 12.1 Å². The van der Waals surface area contributed by atoms with Gasteiger partial charge in [0, 0.05) is 17.9 Å². The summed E-state index contributed by atoms with van der Waals surface area (Å²) in [5.41, 5.74) is 3.42. The Morgan fingerprint density at radius 1 is 0.971 bits per heavy atom. The molecule has 0 aromatic heterocycles. The number of aliphatic carboxylic acids is 1. The number of rotatable bonds is 8. The van der Waals surface area contributed by atoms with E-state index in [-0.39, 0.29) is 30.4 Å². The zero-order valence-electron chi connectivity index (χ0n) is 19.7. The van der Waals surface area contributed by atoms with Crippen molar-refractivity contribution in [3.8, 4) is 11.1 Å². The van der Waals surface area contributed by atoms with Crippen LogP contribution in [0.3, 0.4) is 0 Å². The van der Waals surface area contributed by atoms with Crippen molar-refractivity contribution in [1.29, 1.82) is 0 Å². The van der Waals surface area contributed by atoms with E-state index in [4.69, 9.17) is 4.74 Å². The molecule has 1 saturated carbocycles. The third-order valence-corrected chi connectivity index (χ3v) is 7.45. The molecular weight excluding hydrogens is 432 g/mol. The molecule has 2 aromatic carbocycles. The Morgan fingerprint density at radius 2 is 1.56 bits per heavy atom. The molecule has 2 amide bonds. The van der Waals surface area contributed by atoms with E-state index < -0.39 is 17.6 Å². The number of nitrogens with one attached hydrogen (secondary N) is 2.